The number of carbonyl (C=O) groups excluding carboxylic acids is 8. The summed E-state index contributed by atoms with van der Waals surface area (Å²) in [7, 11) is 2.37. The Morgan fingerprint density at radius 1 is 0.580 bits per heavy atom. The van der Waals surface area contributed by atoms with Gasteiger partial charge in [0.2, 0.25) is 11.8 Å². The number of fused-ring (bicyclic) bond motifs is 3. The molecule has 0 saturated carbocycles. The molecule has 3 aliphatic rings. The normalized spacial score (nSPS) is 17.6. The maximum absolute atomic E-state index is 14.2. The van der Waals surface area contributed by atoms with E-state index < -0.39 is 65.4 Å². The van der Waals surface area contributed by atoms with Gasteiger partial charge < -0.3 is 40.5 Å². The minimum Gasteiger partial charge on any atom is -0.453 e. The van der Waals surface area contributed by atoms with E-state index in [0.29, 0.717) is 22.5 Å². The fraction of sp³-hybridized carbons (Fsp3) is 0.396. The van der Waals surface area contributed by atoms with Crippen LogP contribution in [0.4, 0.5) is 21.0 Å². The molecular weight excluding hydrogens is 881 g/mol. The molecule has 2 aliphatic heterocycles. The molecule has 16 heteroatoms. The van der Waals surface area contributed by atoms with Crippen LogP contribution in [0.2, 0.25) is 0 Å². The summed E-state index contributed by atoms with van der Waals surface area (Å²) in [6.07, 6.45) is 5.23. The lowest BCUT2D eigenvalue weighted by molar-refractivity contribution is -0.138. The second-order valence-electron chi connectivity index (χ2n) is 17.9. The molecule has 69 heavy (non-hydrogen) atoms. The highest BCUT2D eigenvalue weighted by Crippen LogP contribution is 2.55. The molecule has 2 fully saturated rings. The molecule has 1 aliphatic carbocycles. The van der Waals surface area contributed by atoms with E-state index in [1.807, 2.05) is 24.3 Å². The van der Waals surface area contributed by atoms with Gasteiger partial charge in [0.05, 0.1) is 27.3 Å². The fourth-order valence-corrected chi connectivity index (χ4v) is 9.98. The molecule has 4 aromatic rings. The number of nitrogens with one attached hydrogen (secondary N) is 4. The lowest BCUT2D eigenvalue weighted by Gasteiger charge is -2.33. The van der Waals surface area contributed by atoms with Gasteiger partial charge in [0.25, 0.3) is 11.8 Å². The van der Waals surface area contributed by atoms with Crippen molar-refractivity contribution in [3.63, 3.8) is 0 Å². The van der Waals surface area contributed by atoms with Gasteiger partial charge in [-0.05, 0) is 70.5 Å². The number of rotatable bonds is 18. The SMILES string of the molecule is CCCCCC1(CCCCC)c2cc(NC(=O)[C@@H]3CC(=O)CN3C(=O)C(NC(=O)OC)c3ccccc3)ccc2-c2ccc(NC(=O)[C@@H]3CC(=O)CN3C(=O)C(NC(=O)OC)c3ccccc3)cc21. The lowest BCUT2D eigenvalue weighted by Crippen LogP contribution is -2.48. The molecule has 16 nitrogen and oxygen atoms in total. The third-order valence-corrected chi connectivity index (χ3v) is 13.4. The number of likely N-dealkylation sites (tertiary alicyclic amines) is 2. The highest BCUT2D eigenvalue weighted by atomic mass is 16.5. The van der Waals surface area contributed by atoms with Crippen molar-refractivity contribution in [2.24, 2.45) is 0 Å². The molecule has 4 atom stereocenters. The smallest absolute Gasteiger partial charge is 0.407 e. The number of methoxy groups -OCH3 is 2. The number of alkyl carbamates (subject to hydrolysis) is 2. The van der Waals surface area contributed by atoms with Crippen molar-refractivity contribution in [1.82, 2.24) is 20.4 Å². The van der Waals surface area contributed by atoms with E-state index in [4.69, 9.17) is 9.47 Å². The quantitative estimate of drug-likeness (QED) is 0.0721. The van der Waals surface area contributed by atoms with Crippen LogP contribution >= 0.6 is 0 Å². The van der Waals surface area contributed by atoms with Crippen molar-refractivity contribution in [2.45, 2.75) is 108 Å². The van der Waals surface area contributed by atoms with Crippen LogP contribution in [-0.2, 0) is 43.7 Å². The number of benzene rings is 4. The summed E-state index contributed by atoms with van der Waals surface area (Å²) < 4.78 is 9.59. The van der Waals surface area contributed by atoms with Crippen molar-refractivity contribution >= 4 is 58.8 Å². The largest absolute Gasteiger partial charge is 0.453 e. The van der Waals surface area contributed by atoms with E-state index in [0.717, 1.165) is 73.6 Å². The first-order valence-electron chi connectivity index (χ1n) is 23.7. The van der Waals surface area contributed by atoms with Crippen molar-refractivity contribution in [1.29, 1.82) is 0 Å². The van der Waals surface area contributed by atoms with Gasteiger partial charge >= 0.3 is 12.2 Å². The molecule has 6 amide bonds. The summed E-state index contributed by atoms with van der Waals surface area (Å²) in [4.78, 5) is 110. The van der Waals surface area contributed by atoms with E-state index in [1.165, 1.54) is 24.0 Å². The molecule has 0 bridgehead atoms. The van der Waals surface area contributed by atoms with Gasteiger partial charge in [-0.1, -0.05) is 125 Å². The number of ketones is 2. The maximum Gasteiger partial charge on any atom is 0.407 e. The predicted octanol–water partition coefficient (Wildman–Crippen LogP) is 7.53. The first-order valence-corrected chi connectivity index (χ1v) is 23.7. The van der Waals surface area contributed by atoms with E-state index in [9.17, 15) is 38.4 Å². The number of hydrogen-bond donors (Lipinski definition) is 4. The van der Waals surface area contributed by atoms with Crippen LogP contribution in [0.3, 0.4) is 0 Å². The molecule has 0 radical (unpaired) electrons. The van der Waals surface area contributed by atoms with Gasteiger partial charge in [0, 0.05) is 29.6 Å². The second-order valence-corrected chi connectivity index (χ2v) is 17.9. The van der Waals surface area contributed by atoms with Gasteiger partial charge in [-0.3, -0.25) is 28.8 Å². The van der Waals surface area contributed by atoms with Gasteiger partial charge in [0.15, 0.2) is 11.6 Å². The van der Waals surface area contributed by atoms with Crippen LogP contribution in [-0.4, -0.2) is 96.6 Å². The van der Waals surface area contributed by atoms with Crippen molar-refractivity contribution in [3.05, 3.63) is 119 Å². The number of nitrogens with zero attached hydrogens (tertiary/aromatic N) is 2. The molecular formula is C53H60N6O10. The van der Waals surface area contributed by atoms with Crippen LogP contribution in [0.1, 0.15) is 112 Å². The molecule has 4 N–H and O–H groups in total. The van der Waals surface area contributed by atoms with Crippen LogP contribution in [0.5, 0.6) is 0 Å². The molecule has 4 aromatic carbocycles. The zero-order valence-electron chi connectivity index (χ0n) is 39.5. The molecule has 2 heterocycles. The van der Waals surface area contributed by atoms with Crippen LogP contribution in [0, 0.1) is 0 Å². The Hall–Kier alpha value is -7.36. The van der Waals surface area contributed by atoms with Crippen molar-refractivity contribution in [2.75, 3.05) is 37.9 Å². The minimum atomic E-state index is -1.20. The molecule has 0 aromatic heterocycles. The second kappa shape index (κ2) is 22.2. The average Bonchev–Trinajstić information content (AvgIpc) is 4.04. The summed E-state index contributed by atoms with van der Waals surface area (Å²) >= 11 is 0. The number of hydrogen-bond acceptors (Lipinski definition) is 10. The average molecular weight is 941 g/mol. The zero-order valence-corrected chi connectivity index (χ0v) is 39.5. The Balaban J connectivity index is 1.17. The zero-order chi connectivity index (χ0) is 49.2. The molecule has 2 saturated heterocycles. The number of carbonyl (C=O) groups is 8. The lowest BCUT2D eigenvalue weighted by atomic mass is 9.70. The summed E-state index contributed by atoms with van der Waals surface area (Å²) in [5.74, 6) is -2.93. The maximum atomic E-state index is 14.2. The number of unbranched alkanes of at least 4 members (excludes halogenated alkanes) is 4. The standard InChI is InChI=1S/C53H60N6O10/c1-5-7-15-25-53(26-16-8-6-2)41-27-35(54-47(62)43-29-37(60)31-58(43)49(64)45(56-51(66)68-3)33-17-11-9-12-18-33)21-23-39(41)40-24-22-36(28-42(40)53)55-48(63)44-30-38(61)32-59(44)50(65)46(57-52(67)69-4)34-19-13-10-14-20-34/h9-14,17-24,27-28,43-46H,5-8,15-16,25-26,29-32H2,1-4H3,(H,54,62)(H,55,63)(H,56,66)(H,57,67)/t43-,44-,45?,46?/m0/s1. The van der Waals surface area contributed by atoms with Gasteiger partial charge in [-0.25, -0.2) is 9.59 Å². The summed E-state index contributed by atoms with van der Waals surface area (Å²) in [6.45, 7) is 3.69. The number of anilines is 2. The monoisotopic (exact) mass is 940 g/mol. The Labute approximate surface area is 401 Å². The van der Waals surface area contributed by atoms with Crippen LogP contribution in [0.15, 0.2) is 97.1 Å². The third-order valence-electron chi connectivity index (χ3n) is 13.4. The molecule has 362 valence electrons. The Kier molecular flexibility index (Phi) is 15.9. The number of amides is 6. The Morgan fingerprint density at radius 2 is 0.971 bits per heavy atom. The van der Waals surface area contributed by atoms with E-state index in [1.54, 1.807) is 72.8 Å². The fourth-order valence-electron chi connectivity index (χ4n) is 9.98. The molecule has 0 spiro atoms. The van der Waals surface area contributed by atoms with E-state index >= 15 is 0 Å². The Bertz CT molecular complexity index is 2410. The first-order chi connectivity index (χ1) is 33.3. The van der Waals surface area contributed by atoms with Crippen molar-refractivity contribution in [3.8, 4) is 11.1 Å². The number of Topliss-reactive ketones (excluding diaryl/α,β-unsaturated/α-hetero) is 2. The van der Waals surface area contributed by atoms with Gasteiger partial charge in [-0.15, -0.1) is 0 Å². The third kappa shape index (κ3) is 10.8. The van der Waals surface area contributed by atoms with E-state index in [2.05, 4.69) is 35.1 Å². The minimum absolute atomic E-state index is 0.195. The molecule has 2 unspecified atom stereocenters. The number of ether oxygens (including phenoxy) is 2. The summed E-state index contributed by atoms with van der Waals surface area (Å²) in [5.41, 5.74) is 5.34. The van der Waals surface area contributed by atoms with Crippen LogP contribution < -0.4 is 21.3 Å². The Morgan fingerprint density at radius 3 is 1.33 bits per heavy atom. The molecule has 7 rings (SSSR count). The highest BCUT2D eigenvalue weighted by molar-refractivity contribution is 6.06. The predicted molar refractivity (Wildman–Crippen MR) is 258 cm³/mol. The van der Waals surface area contributed by atoms with Crippen molar-refractivity contribution < 1.29 is 47.8 Å². The van der Waals surface area contributed by atoms with Crippen LogP contribution in [0.25, 0.3) is 11.1 Å². The highest BCUT2D eigenvalue weighted by Gasteiger charge is 2.46. The first kappa shape index (κ1) is 49.5. The van der Waals surface area contributed by atoms with Gasteiger partial charge in [0.1, 0.15) is 24.2 Å². The summed E-state index contributed by atoms with van der Waals surface area (Å²) in [6, 6.07) is 23.9. The van der Waals surface area contributed by atoms with E-state index in [-0.39, 0.29) is 37.5 Å². The van der Waals surface area contributed by atoms with Gasteiger partial charge in [-0.2, -0.15) is 0 Å². The summed E-state index contributed by atoms with van der Waals surface area (Å²) in [5, 5.41) is 11.2. The topological polar surface area (TPSA) is 210 Å².